The zero-order valence-corrected chi connectivity index (χ0v) is 7.11. The molecule has 0 heterocycles. The highest BCUT2D eigenvalue weighted by molar-refractivity contribution is 6.01. The molecule has 1 atom stereocenters. The lowest BCUT2D eigenvalue weighted by Crippen LogP contribution is -2.28. The quantitative estimate of drug-likeness (QED) is 0.474. The van der Waals surface area contributed by atoms with Gasteiger partial charge in [0.2, 0.25) is 0 Å². The van der Waals surface area contributed by atoms with Gasteiger partial charge in [-0.3, -0.25) is 0 Å². The van der Waals surface area contributed by atoms with Gasteiger partial charge in [0.05, 0.1) is 19.2 Å². The summed E-state index contributed by atoms with van der Waals surface area (Å²) >= 11 is 0. The predicted octanol–water partition coefficient (Wildman–Crippen LogP) is 0.345. The summed E-state index contributed by atoms with van der Waals surface area (Å²) in [5, 5.41) is 3.03. The molecule has 0 aromatic heterocycles. The molecule has 1 aliphatic rings. The number of hydrogen-bond acceptors (Lipinski definition) is 2. The Labute approximate surface area is 71.2 Å². The largest absolute Gasteiger partial charge is 0.499 e. The lowest BCUT2D eigenvalue weighted by atomic mass is 10.1. The van der Waals surface area contributed by atoms with Crippen molar-refractivity contribution in [2.24, 2.45) is 0 Å². The summed E-state index contributed by atoms with van der Waals surface area (Å²) in [5.41, 5.74) is 8.98. The van der Waals surface area contributed by atoms with Crippen LogP contribution in [-0.4, -0.2) is 30.7 Å². The molecule has 64 valence electrons. The number of nitrogens with one attached hydrogen (secondary N) is 1. The summed E-state index contributed by atoms with van der Waals surface area (Å²) in [6.07, 6.45) is 5.28. The van der Waals surface area contributed by atoms with Crippen LogP contribution >= 0.6 is 0 Å². The Morgan fingerprint density at radius 3 is 2.92 bits per heavy atom. The summed E-state index contributed by atoms with van der Waals surface area (Å²) in [4.78, 5) is 3.06. The van der Waals surface area contributed by atoms with Gasteiger partial charge in [0.15, 0.2) is 0 Å². The SMILES string of the molecule is CNC1C=CC(=[N+]=[N-])C=C1OC. The minimum atomic E-state index is 0.0699. The molecule has 0 spiro atoms. The Hall–Kier alpha value is -1.38. The number of allylic oxidation sites excluding steroid dienone is 2. The Kier molecular flexibility index (Phi) is 2.80. The Morgan fingerprint density at radius 2 is 2.42 bits per heavy atom. The fraction of sp³-hybridized carbons (Fsp3) is 0.375. The minimum Gasteiger partial charge on any atom is -0.499 e. The molecule has 0 saturated carbocycles. The van der Waals surface area contributed by atoms with Gasteiger partial charge in [0, 0.05) is 6.08 Å². The second-order valence-corrected chi connectivity index (χ2v) is 2.40. The number of nitrogens with zero attached hydrogens (tertiary/aromatic N) is 2. The molecule has 0 aromatic rings. The van der Waals surface area contributed by atoms with E-state index in [1.807, 2.05) is 13.1 Å². The van der Waals surface area contributed by atoms with E-state index in [1.54, 1.807) is 19.3 Å². The van der Waals surface area contributed by atoms with Gasteiger partial charge < -0.3 is 15.6 Å². The summed E-state index contributed by atoms with van der Waals surface area (Å²) in [5.74, 6) is 0.743. The third-order valence-electron chi connectivity index (χ3n) is 1.72. The molecule has 0 bridgehead atoms. The molecular formula is C8H11N3O. The summed E-state index contributed by atoms with van der Waals surface area (Å²) in [6.45, 7) is 0. The van der Waals surface area contributed by atoms with E-state index in [0.29, 0.717) is 5.71 Å². The maximum atomic E-state index is 8.48. The van der Waals surface area contributed by atoms with Crippen molar-refractivity contribution >= 4 is 5.71 Å². The highest BCUT2D eigenvalue weighted by Crippen LogP contribution is 2.09. The molecule has 1 aliphatic carbocycles. The van der Waals surface area contributed by atoms with Crippen molar-refractivity contribution in [2.75, 3.05) is 14.2 Å². The van der Waals surface area contributed by atoms with E-state index in [9.17, 15) is 0 Å². The molecule has 4 nitrogen and oxygen atoms in total. The van der Waals surface area contributed by atoms with E-state index >= 15 is 0 Å². The minimum absolute atomic E-state index is 0.0699. The van der Waals surface area contributed by atoms with Gasteiger partial charge in [-0.2, -0.15) is 4.79 Å². The molecule has 0 aromatic carbocycles. The first-order valence-electron chi connectivity index (χ1n) is 3.65. The third-order valence-corrected chi connectivity index (χ3v) is 1.72. The molecule has 0 saturated heterocycles. The Morgan fingerprint density at radius 1 is 1.67 bits per heavy atom. The zero-order chi connectivity index (χ0) is 8.97. The van der Waals surface area contributed by atoms with Crippen molar-refractivity contribution in [1.29, 1.82) is 0 Å². The molecule has 0 amide bonds. The van der Waals surface area contributed by atoms with Crippen LogP contribution in [0.2, 0.25) is 0 Å². The molecule has 1 unspecified atom stereocenters. The van der Waals surface area contributed by atoms with Crippen LogP contribution in [0.3, 0.4) is 0 Å². The van der Waals surface area contributed by atoms with Crippen molar-refractivity contribution in [3.05, 3.63) is 29.5 Å². The van der Waals surface area contributed by atoms with Crippen molar-refractivity contribution < 1.29 is 9.53 Å². The zero-order valence-electron chi connectivity index (χ0n) is 7.11. The lowest BCUT2D eigenvalue weighted by Gasteiger charge is -2.15. The predicted molar refractivity (Wildman–Crippen MR) is 45.7 cm³/mol. The van der Waals surface area contributed by atoms with Crippen LogP contribution in [0.25, 0.3) is 5.53 Å². The maximum absolute atomic E-state index is 8.48. The van der Waals surface area contributed by atoms with Gasteiger partial charge >= 0.3 is 5.71 Å². The fourth-order valence-electron chi connectivity index (χ4n) is 1.06. The molecule has 0 aliphatic heterocycles. The van der Waals surface area contributed by atoms with E-state index in [-0.39, 0.29) is 6.04 Å². The van der Waals surface area contributed by atoms with Crippen molar-refractivity contribution in [3.8, 4) is 0 Å². The number of likely N-dealkylation sites (N-methyl/N-ethyl adjacent to an activating group) is 1. The summed E-state index contributed by atoms with van der Waals surface area (Å²) in [7, 11) is 3.42. The third kappa shape index (κ3) is 1.61. The average Bonchev–Trinajstić information content (AvgIpc) is 2.16. The van der Waals surface area contributed by atoms with Gasteiger partial charge in [0.1, 0.15) is 5.76 Å². The van der Waals surface area contributed by atoms with Crippen LogP contribution in [0.4, 0.5) is 0 Å². The Bertz CT molecular complexity index is 274. The van der Waals surface area contributed by atoms with E-state index in [4.69, 9.17) is 10.3 Å². The average molecular weight is 165 g/mol. The Balaban J connectivity index is 2.90. The lowest BCUT2D eigenvalue weighted by molar-refractivity contribution is -0.00206. The molecule has 4 heteroatoms. The summed E-state index contributed by atoms with van der Waals surface area (Å²) < 4.78 is 5.08. The molecule has 0 radical (unpaired) electrons. The number of hydrogen-bond donors (Lipinski definition) is 1. The van der Waals surface area contributed by atoms with Crippen molar-refractivity contribution in [1.82, 2.24) is 5.32 Å². The standard InChI is InChI=1S/C8H11N3O/c1-10-7-4-3-6(11-9)5-8(7)12-2/h3-5,7,10H,1-2H3. The molecule has 12 heavy (non-hydrogen) atoms. The smallest absolute Gasteiger partial charge is 0.318 e. The first-order valence-corrected chi connectivity index (χ1v) is 3.65. The van der Waals surface area contributed by atoms with Crippen LogP contribution in [0.15, 0.2) is 24.0 Å². The van der Waals surface area contributed by atoms with E-state index in [0.717, 1.165) is 5.76 Å². The van der Waals surface area contributed by atoms with Crippen molar-refractivity contribution in [2.45, 2.75) is 6.04 Å². The molecular weight excluding hydrogens is 154 g/mol. The second kappa shape index (κ2) is 3.85. The van der Waals surface area contributed by atoms with E-state index in [1.165, 1.54) is 0 Å². The van der Waals surface area contributed by atoms with Gasteiger partial charge in [-0.25, -0.2) is 0 Å². The van der Waals surface area contributed by atoms with Crippen LogP contribution in [0.5, 0.6) is 0 Å². The number of rotatable bonds is 2. The van der Waals surface area contributed by atoms with Gasteiger partial charge in [-0.15, -0.1) is 0 Å². The second-order valence-electron chi connectivity index (χ2n) is 2.40. The first kappa shape index (κ1) is 8.71. The van der Waals surface area contributed by atoms with E-state index < -0.39 is 0 Å². The highest BCUT2D eigenvalue weighted by atomic mass is 16.5. The molecule has 1 rings (SSSR count). The monoisotopic (exact) mass is 165 g/mol. The molecule has 1 N–H and O–H groups in total. The van der Waals surface area contributed by atoms with Crippen LogP contribution in [0, 0.1) is 0 Å². The summed E-state index contributed by atoms with van der Waals surface area (Å²) in [6, 6.07) is 0.0699. The van der Waals surface area contributed by atoms with Gasteiger partial charge in [-0.05, 0) is 7.05 Å². The highest BCUT2D eigenvalue weighted by Gasteiger charge is 2.17. The van der Waals surface area contributed by atoms with E-state index in [2.05, 4.69) is 10.1 Å². The normalized spacial score (nSPS) is 21.7. The van der Waals surface area contributed by atoms with Gasteiger partial charge in [-0.1, -0.05) is 6.08 Å². The maximum Gasteiger partial charge on any atom is 0.318 e. The first-order chi connectivity index (χ1) is 5.81. The van der Waals surface area contributed by atoms with Crippen LogP contribution < -0.4 is 5.32 Å². The van der Waals surface area contributed by atoms with Crippen LogP contribution in [0.1, 0.15) is 0 Å². The number of methoxy groups -OCH3 is 1. The fourth-order valence-corrected chi connectivity index (χ4v) is 1.06. The molecule has 0 fully saturated rings. The number of ether oxygens (including phenoxy) is 1. The van der Waals surface area contributed by atoms with Crippen molar-refractivity contribution in [3.63, 3.8) is 0 Å². The van der Waals surface area contributed by atoms with Gasteiger partial charge in [0.25, 0.3) is 0 Å². The van der Waals surface area contributed by atoms with Crippen LogP contribution in [-0.2, 0) is 4.74 Å². The topological polar surface area (TPSA) is 57.7 Å².